The van der Waals surface area contributed by atoms with Crippen molar-refractivity contribution >= 4 is 9.84 Å². The summed E-state index contributed by atoms with van der Waals surface area (Å²) >= 11 is 0. The summed E-state index contributed by atoms with van der Waals surface area (Å²) < 4.78 is 24.6. The number of sulfone groups is 1. The van der Waals surface area contributed by atoms with Gasteiger partial charge in [-0.15, -0.1) is 0 Å². The Balaban J connectivity index is 1.99. The maximum atomic E-state index is 12.3. The van der Waals surface area contributed by atoms with E-state index in [1.165, 1.54) is 6.20 Å². The summed E-state index contributed by atoms with van der Waals surface area (Å²) in [6.07, 6.45) is 4.15. The highest BCUT2D eigenvalue weighted by Gasteiger charge is 2.51. The van der Waals surface area contributed by atoms with Gasteiger partial charge in [0.2, 0.25) is 0 Å². The van der Waals surface area contributed by atoms with Crippen LogP contribution in [0.3, 0.4) is 0 Å². The molecule has 112 valence electrons. The van der Waals surface area contributed by atoms with Crippen molar-refractivity contribution in [3.05, 3.63) is 29.1 Å². The van der Waals surface area contributed by atoms with Gasteiger partial charge in [-0.05, 0) is 44.2 Å². The second kappa shape index (κ2) is 4.79. The van der Waals surface area contributed by atoms with Crippen molar-refractivity contribution in [2.24, 2.45) is 0 Å². The van der Waals surface area contributed by atoms with Crippen LogP contribution in [0.25, 0.3) is 0 Å². The summed E-state index contributed by atoms with van der Waals surface area (Å²) in [6.45, 7) is 1.78. The molecule has 2 unspecified atom stereocenters. The number of pyridine rings is 1. The fourth-order valence-electron chi connectivity index (χ4n) is 3.63. The monoisotopic (exact) mass is 306 g/mol. The Morgan fingerprint density at radius 2 is 2.00 bits per heavy atom. The molecule has 0 aromatic carbocycles. The van der Waals surface area contributed by atoms with Gasteiger partial charge >= 0.3 is 0 Å². The summed E-state index contributed by atoms with van der Waals surface area (Å²) in [7, 11) is -3.10. The molecule has 5 nitrogen and oxygen atoms in total. The molecule has 2 aliphatic rings. The van der Waals surface area contributed by atoms with Gasteiger partial charge in [0, 0.05) is 11.8 Å². The third-order valence-corrected chi connectivity index (χ3v) is 7.50. The average Bonchev–Trinajstić information content (AvgIpc) is 2.40. The fraction of sp³-hybridized carbons (Fsp3) is 0.600. The number of aromatic nitrogens is 1. The number of rotatable bonds is 1. The highest BCUT2D eigenvalue weighted by atomic mass is 32.2. The standard InChI is InChI=1S/C15H18N2O3S/c1-10-5-11(9-17-14(10)8-16)15(18)6-12-3-2-4-13(7-15)21(12,19)20/h5,9,12-13,18H,2-4,6-7H2,1H3. The van der Waals surface area contributed by atoms with Crippen molar-refractivity contribution in [2.75, 3.05) is 0 Å². The van der Waals surface area contributed by atoms with E-state index in [4.69, 9.17) is 5.26 Å². The summed E-state index contributed by atoms with van der Waals surface area (Å²) in [4.78, 5) is 4.08. The van der Waals surface area contributed by atoms with Crippen LogP contribution in [-0.4, -0.2) is 29.0 Å². The van der Waals surface area contributed by atoms with Crippen molar-refractivity contribution in [3.63, 3.8) is 0 Å². The number of fused-ring (bicyclic) bond motifs is 2. The van der Waals surface area contributed by atoms with Crippen LogP contribution in [0, 0.1) is 18.3 Å². The summed E-state index contributed by atoms with van der Waals surface area (Å²) in [6, 6.07) is 3.77. The SMILES string of the molecule is Cc1cc(C2(O)CC3CCCC(C2)S3(=O)=O)cnc1C#N. The third-order valence-electron chi connectivity index (χ3n) is 4.83. The summed E-state index contributed by atoms with van der Waals surface area (Å²) in [5.41, 5.74) is 0.533. The second-order valence-corrected chi connectivity index (χ2v) is 8.72. The first-order valence-corrected chi connectivity index (χ1v) is 8.80. The van der Waals surface area contributed by atoms with Crippen LogP contribution in [0.1, 0.15) is 48.9 Å². The van der Waals surface area contributed by atoms with Gasteiger partial charge in [-0.3, -0.25) is 0 Å². The van der Waals surface area contributed by atoms with Gasteiger partial charge in [0.25, 0.3) is 0 Å². The number of hydrogen-bond acceptors (Lipinski definition) is 5. The number of hydrogen-bond donors (Lipinski definition) is 1. The Labute approximate surface area is 124 Å². The van der Waals surface area contributed by atoms with Crippen LogP contribution in [0.2, 0.25) is 0 Å². The topological polar surface area (TPSA) is 91.0 Å². The molecule has 2 saturated heterocycles. The minimum Gasteiger partial charge on any atom is -0.385 e. The first-order valence-electron chi connectivity index (χ1n) is 7.19. The molecule has 2 aliphatic heterocycles. The van der Waals surface area contributed by atoms with Crippen molar-refractivity contribution in [1.82, 2.24) is 4.98 Å². The van der Waals surface area contributed by atoms with Gasteiger partial charge in [0.05, 0.1) is 16.1 Å². The number of aliphatic hydroxyl groups is 1. The molecular weight excluding hydrogens is 288 g/mol. The molecule has 1 aromatic rings. The molecule has 2 bridgehead atoms. The summed E-state index contributed by atoms with van der Waals surface area (Å²) in [5, 5.41) is 19.0. The number of nitriles is 1. The molecule has 0 amide bonds. The predicted octanol–water partition coefficient (Wildman–Crippen LogP) is 1.58. The van der Waals surface area contributed by atoms with Gasteiger partial charge in [0.1, 0.15) is 11.8 Å². The molecule has 6 heteroatoms. The first kappa shape index (κ1) is 14.5. The Hall–Kier alpha value is -1.45. The lowest BCUT2D eigenvalue weighted by Crippen LogP contribution is -2.50. The van der Waals surface area contributed by atoms with E-state index in [1.54, 1.807) is 13.0 Å². The van der Waals surface area contributed by atoms with Crippen LogP contribution < -0.4 is 0 Å². The van der Waals surface area contributed by atoms with Gasteiger partial charge in [-0.1, -0.05) is 6.42 Å². The van der Waals surface area contributed by atoms with Gasteiger partial charge in [-0.2, -0.15) is 5.26 Å². The smallest absolute Gasteiger partial charge is 0.156 e. The lowest BCUT2D eigenvalue weighted by Gasteiger charge is -2.44. The van der Waals surface area contributed by atoms with Crippen LogP contribution in [0.15, 0.2) is 12.3 Å². The maximum absolute atomic E-state index is 12.3. The Morgan fingerprint density at radius 3 is 2.52 bits per heavy atom. The van der Waals surface area contributed by atoms with E-state index in [1.807, 2.05) is 6.07 Å². The van der Waals surface area contributed by atoms with Crippen LogP contribution in [-0.2, 0) is 15.4 Å². The molecule has 21 heavy (non-hydrogen) atoms. The normalized spacial score (nSPS) is 34.1. The molecular formula is C15H18N2O3S. The molecule has 0 aliphatic carbocycles. The van der Waals surface area contributed by atoms with E-state index in [2.05, 4.69) is 4.98 Å². The first-order chi connectivity index (χ1) is 9.87. The zero-order chi connectivity index (χ0) is 15.3. The predicted molar refractivity (Wildman–Crippen MR) is 77.2 cm³/mol. The fourth-order valence-corrected chi connectivity index (χ4v) is 6.18. The van der Waals surface area contributed by atoms with Crippen molar-refractivity contribution in [3.8, 4) is 6.07 Å². The molecule has 3 rings (SSSR count). The van der Waals surface area contributed by atoms with E-state index in [9.17, 15) is 13.5 Å². The lowest BCUT2D eigenvalue weighted by atomic mass is 9.81. The van der Waals surface area contributed by atoms with Crippen LogP contribution in [0.5, 0.6) is 0 Å². The zero-order valence-electron chi connectivity index (χ0n) is 11.9. The summed E-state index contributed by atoms with van der Waals surface area (Å²) in [5.74, 6) is 0. The van der Waals surface area contributed by atoms with Crippen molar-refractivity contribution in [1.29, 1.82) is 5.26 Å². The molecule has 0 radical (unpaired) electrons. The van der Waals surface area contributed by atoms with Gasteiger partial charge in [0.15, 0.2) is 9.84 Å². The molecule has 2 atom stereocenters. The highest BCUT2D eigenvalue weighted by Crippen LogP contribution is 2.46. The Morgan fingerprint density at radius 1 is 1.38 bits per heavy atom. The zero-order valence-corrected chi connectivity index (χ0v) is 12.7. The lowest BCUT2D eigenvalue weighted by molar-refractivity contribution is 0.00465. The number of aryl methyl sites for hydroxylation is 1. The van der Waals surface area contributed by atoms with Crippen molar-refractivity contribution in [2.45, 2.75) is 55.1 Å². The maximum Gasteiger partial charge on any atom is 0.156 e. The van der Waals surface area contributed by atoms with Crippen LogP contribution >= 0.6 is 0 Å². The minimum atomic E-state index is -3.10. The second-order valence-electron chi connectivity index (χ2n) is 6.21. The average molecular weight is 306 g/mol. The van der Waals surface area contributed by atoms with E-state index in [0.717, 1.165) is 6.42 Å². The minimum absolute atomic E-state index is 0.235. The third kappa shape index (κ3) is 2.25. The van der Waals surface area contributed by atoms with Crippen LogP contribution in [0.4, 0.5) is 0 Å². The molecule has 0 saturated carbocycles. The molecule has 2 fully saturated rings. The van der Waals surface area contributed by atoms with E-state index in [-0.39, 0.29) is 12.8 Å². The Kier molecular flexibility index (Phi) is 3.30. The van der Waals surface area contributed by atoms with Gasteiger partial charge in [-0.25, -0.2) is 13.4 Å². The van der Waals surface area contributed by atoms with Gasteiger partial charge < -0.3 is 5.11 Å². The quantitative estimate of drug-likeness (QED) is 0.850. The molecule has 1 N–H and O–H groups in total. The molecule has 0 spiro atoms. The van der Waals surface area contributed by atoms with E-state index < -0.39 is 25.9 Å². The Bertz CT molecular complexity index is 701. The van der Waals surface area contributed by atoms with E-state index >= 15 is 0 Å². The number of nitrogens with zero attached hydrogens (tertiary/aromatic N) is 2. The largest absolute Gasteiger partial charge is 0.385 e. The highest BCUT2D eigenvalue weighted by molar-refractivity contribution is 7.92. The molecule has 3 heterocycles. The van der Waals surface area contributed by atoms with Crippen molar-refractivity contribution < 1.29 is 13.5 Å². The van der Waals surface area contributed by atoms with E-state index in [0.29, 0.717) is 29.7 Å². The molecule has 1 aromatic heterocycles.